The molecule has 2 aromatic rings. The van der Waals surface area contributed by atoms with E-state index < -0.39 is 17.1 Å². The lowest BCUT2D eigenvalue weighted by Crippen LogP contribution is -2.36. The molecule has 1 aliphatic heterocycles. The summed E-state index contributed by atoms with van der Waals surface area (Å²) in [6.45, 7) is 1.62. The van der Waals surface area contributed by atoms with Gasteiger partial charge in [-0.05, 0) is 54.1 Å². The van der Waals surface area contributed by atoms with Crippen LogP contribution >= 0.6 is 11.8 Å². The molecule has 0 bridgehead atoms. The fourth-order valence-electron chi connectivity index (χ4n) is 2.46. The van der Waals surface area contributed by atoms with Gasteiger partial charge in [-0.1, -0.05) is 12.1 Å². The van der Waals surface area contributed by atoms with Gasteiger partial charge in [0.25, 0.3) is 11.1 Å². The Balaban J connectivity index is 1.68. The first kappa shape index (κ1) is 17.0. The second kappa shape index (κ2) is 6.98. The Kier molecular flexibility index (Phi) is 4.76. The van der Waals surface area contributed by atoms with E-state index in [1.54, 1.807) is 12.1 Å². The lowest BCUT2D eigenvalue weighted by molar-refractivity contribution is -0.127. The Hall–Kier alpha value is -2.80. The maximum atomic E-state index is 12.4. The monoisotopic (exact) mass is 355 g/mol. The van der Waals surface area contributed by atoms with E-state index in [1.807, 2.05) is 55.2 Å². The summed E-state index contributed by atoms with van der Waals surface area (Å²) in [7, 11) is 1.87. The highest BCUT2D eigenvalue weighted by molar-refractivity contribution is 8.18. The number of carbonyl (C=O) groups excluding carboxylic acids is 3. The van der Waals surface area contributed by atoms with E-state index in [9.17, 15) is 14.4 Å². The number of nitrogens with zero attached hydrogens (tertiary/aromatic N) is 2. The van der Waals surface area contributed by atoms with Crippen LogP contribution in [0.25, 0.3) is 6.08 Å². The van der Waals surface area contributed by atoms with Crippen molar-refractivity contribution in [2.75, 3.05) is 11.9 Å². The van der Waals surface area contributed by atoms with Crippen LogP contribution < -0.4 is 5.32 Å². The molecule has 1 aromatic carbocycles. The Labute approximate surface area is 149 Å². The van der Waals surface area contributed by atoms with Crippen LogP contribution in [0.2, 0.25) is 0 Å². The van der Waals surface area contributed by atoms with Crippen LogP contribution in [-0.2, 0) is 16.6 Å². The van der Waals surface area contributed by atoms with Gasteiger partial charge >= 0.3 is 0 Å². The van der Waals surface area contributed by atoms with Gasteiger partial charge in [-0.2, -0.15) is 0 Å². The van der Waals surface area contributed by atoms with Gasteiger partial charge < -0.3 is 9.88 Å². The standard InChI is InChI=1S/C18H17N3O3S/c1-12-4-3-5-14(8-12)19-16(22)11-21-17(23)15(25-18(21)24)9-13-6-7-20(2)10-13/h3-10H,11H2,1-2H3,(H,19,22)/b15-9+. The maximum absolute atomic E-state index is 12.4. The molecule has 7 heteroatoms. The highest BCUT2D eigenvalue weighted by atomic mass is 32.2. The zero-order valence-electron chi connectivity index (χ0n) is 13.9. The number of carbonyl (C=O) groups is 3. The van der Waals surface area contributed by atoms with E-state index in [0.717, 1.165) is 27.8 Å². The summed E-state index contributed by atoms with van der Waals surface area (Å²) >= 11 is 0.846. The Morgan fingerprint density at radius 2 is 2.08 bits per heavy atom. The molecule has 0 saturated carbocycles. The third-order valence-electron chi connectivity index (χ3n) is 3.63. The molecule has 25 heavy (non-hydrogen) atoms. The molecular formula is C18H17N3O3S. The Morgan fingerprint density at radius 3 is 2.76 bits per heavy atom. The minimum Gasteiger partial charge on any atom is -0.357 e. The van der Waals surface area contributed by atoms with E-state index in [2.05, 4.69) is 5.32 Å². The lowest BCUT2D eigenvalue weighted by atomic mass is 10.2. The summed E-state index contributed by atoms with van der Waals surface area (Å²) in [5, 5.41) is 2.26. The molecule has 1 N–H and O–H groups in total. The van der Waals surface area contributed by atoms with Gasteiger partial charge in [0.15, 0.2) is 0 Å². The average molecular weight is 355 g/mol. The number of benzene rings is 1. The lowest BCUT2D eigenvalue weighted by Gasteiger charge is -2.12. The first-order chi connectivity index (χ1) is 11.9. The van der Waals surface area contributed by atoms with E-state index in [4.69, 9.17) is 0 Å². The number of anilines is 1. The normalized spacial score (nSPS) is 15.9. The van der Waals surface area contributed by atoms with Gasteiger partial charge in [-0.15, -0.1) is 0 Å². The second-order valence-electron chi connectivity index (χ2n) is 5.80. The molecule has 3 rings (SSSR count). The van der Waals surface area contributed by atoms with E-state index in [1.165, 1.54) is 0 Å². The van der Waals surface area contributed by atoms with Crippen LogP contribution in [0, 0.1) is 6.92 Å². The first-order valence-corrected chi connectivity index (χ1v) is 8.48. The predicted molar refractivity (Wildman–Crippen MR) is 97.9 cm³/mol. The molecule has 6 nitrogen and oxygen atoms in total. The van der Waals surface area contributed by atoms with E-state index >= 15 is 0 Å². The number of amides is 3. The molecule has 1 fully saturated rings. The molecular weight excluding hydrogens is 338 g/mol. The van der Waals surface area contributed by atoms with Crippen molar-refractivity contribution in [1.82, 2.24) is 9.47 Å². The number of hydrogen-bond acceptors (Lipinski definition) is 4. The van der Waals surface area contributed by atoms with Gasteiger partial charge in [0.2, 0.25) is 5.91 Å². The first-order valence-electron chi connectivity index (χ1n) is 7.66. The minimum atomic E-state index is -0.446. The van der Waals surface area contributed by atoms with Crippen LogP contribution in [0.1, 0.15) is 11.1 Å². The van der Waals surface area contributed by atoms with Crippen molar-refractivity contribution in [2.24, 2.45) is 7.05 Å². The smallest absolute Gasteiger partial charge is 0.294 e. The van der Waals surface area contributed by atoms with E-state index in [-0.39, 0.29) is 6.54 Å². The van der Waals surface area contributed by atoms with Crippen LogP contribution in [0.3, 0.4) is 0 Å². The summed E-state index contributed by atoms with van der Waals surface area (Å²) < 4.78 is 1.85. The molecule has 2 heterocycles. The van der Waals surface area contributed by atoms with Crippen LogP contribution in [0.4, 0.5) is 10.5 Å². The maximum Gasteiger partial charge on any atom is 0.294 e. The molecule has 1 aromatic heterocycles. The molecule has 1 saturated heterocycles. The zero-order valence-corrected chi connectivity index (χ0v) is 14.7. The van der Waals surface area contributed by atoms with Crippen LogP contribution in [0.15, 0.2) is 47.6 Å². The number of thioether (sulfide) groups is 1. The summed E-state index contributed by atoms with van der Waals surface area (Å²) in [6, 6.07) is 9.17. The van der Waals surface area contributed by atoms with Crippen molar-refractivity contribution in [1.29, 1.82) is 0 Å². The van der Waals surface area contributed by atoms with Gasteiger partial charge in [0.1, 0.15) is 6.54 Å². The molecule has 3 amide bonds. The van der Waals surface area contributed by atoms with Crippen molar-refractivity contribution in [3.8, 4) is 0 Å². The molecule has 0 spiro atoms. The molecule has 1 aliphatic rings. The van der Waals surface area contributed by atoms with Crippen molar-refractivity contribution in [3.05, 3.63) is 58.8 Å². The molecule has 0 aliphatic carbocycles. The number of nitrogens with one attached hydrogen (secondary N) is 1. The van der Waals surface area contributed by atoms with Crippen molar-refractivity contribution in [3.63, 3.8) is 0 Å². The summed E-state index contributed by atoms with van der Waals surface area (Å²) in [5.41, 5.74) is 2.48. The van der Waals surface area contributed by atoms with Gasteiger partial charge in [0, 0.05) is 25.1 Å². The van der Waals surface area contributed by atoms with Crippen molar-refractivity contribution >= 4 is 40.6 Å². The summed E-state index contributed by atoms with van der Waals surface area (Å²) in [4.78, 5) is 37.9. The highest BCUT2D eigenvalue weighted by Crippen LogP contribution is 2.32. The van der Waals surface area contributed by atoms with Gasteiger partial charge in [0.05, 0.1) is 4.91 Å². The van der Waals surface area contributed by atoms with Crippen LogP contribution in [-0.4, -0.2) is 33.1 Å². The molecule has 0 radical (unpaired) electrons. The molecule has 0 atom stereocenters. The predicted octanol–water partition coefficient (Wildman–Crippen LogP) is 3.01. The third kappa shape index (κ3) is 4.00. The van der Waals surface area contributed by atoms with Crippen molar-refractivity contribution in [2.45, 2.75) is 6.92 Å². The summed E-state index contributed by atoms with van der Waals surface area (Å²) in [5.74, 6) is -0.855. The topological polar surface area (TPSA) is 71.4 Å². The van der Waals surface area contributed by atoms with Gasteiger partial charge in [-0.25, -0.2) is 0 Å². The molecule has 128 valence electrons. The Bertz CT molecular complexity index is 885. The number of imide groups is 1. The van der Waals surface area contributed by atoms with Gasteiger partial charge in [-0.3, -0.25) is 19.3 Å². The number of rotatable bonds is 4. The van der Waals surface area contributed by atoms with Crippen molar-refractivity contribution < 1.29 is 14.4 Å². The second-order valence-corrected chi connectivity index (χ2v) is 6.79. The molecule has 0 unspecified atom stereocenters. The number of aryl methyl sites for hydroxylation is 2. The fraction of sp³-hybridized carbons (Fsp3) is 0.167. The number of aromatic nitrogens is 1. The summed E-state index contributed by atoms with van der Waals surface area (Å²) in [6.07, 6.45) is 5.35. The number of hydrogen-bond donors (Lipinski definition) is 1. The quantitative estimate of drug-likeness (QED) is 0.856. The largest absolute Gasteiger partial charge is 0.357 e. The van der Waals surface area contributed by atoms with Crippen LogP contribution in [0.5, 0.6) is 0 Å². The van der Waals surface area contributed by atoms with E-state index in [0.29, 0.717) is 10.6 Å². The third-order valence-corrected chi connectivity index (χ3v) is 4.54. The highest BCUT2D eigenvalue weighted by Gasteiger charge is 2.36. The zero-order chi connectivity index (χ0) is 18.0. The Morgan fingerprint density at radius 1 is 1.28 bits per heavy atom. The average Bonchev–Trinajstić information content (AvgIpc) is 3.06. The fourth-order valence-corrected chi connectivity index (χ4v) is 3.30. The minimum absolute atomic E-state index is 0.301. The SMILES string of the molecule is Cc1cccc(NC(=O)CN2C(=O)S/C(=C/c3ccn(C)c3)C2=O)c1.